The summed E-state index contributed by atoms with van der Waals surface area (Å²) in [5.74, 6) is -0.111. The van der Waals surface area contributed by atoms with Gasteiger partial charge in [0.2, 0.25) is 0 Å². The van der Waals surface area contributed by atoms with Crippen LogP contribution in [0.3, 0.4) is 0 Å². The number of urea groups is 1. The third-order valence-electron chi connectivity index (χ3n) is 3.52. The number of carbonyl (C=O) groups is 1. The van der Waals surface area contributed by atoms with Crippen molar-refractivity contribution in [3.05, 3.63) is 35.4 Å². The van der Waals surface area contributed by atoms with Crippen LogP contribution in [0.25, 0.3) is 0 Å². The van der Waals surface area contributed by atoms with Gasteiger partial charge < -0.3 is 15.3 Å². The molecule has 0 aromatic heterocycles. The lowest BCUT2D eigenvalue weighted by Gasteiger charge is -2.20. The summed E-state index contributed by atoms with van der Waals surface area (Å²) in [6, 6.07) is 4.92. The number of halogens is 3. The Bertz CT molecular complexity index is 518. The highest BCUT2D eigenvalue weighted by Gasteiger charge is 2.30. The number of aliphatic hydroxyl groups excluding tert-OH is 1. The maximum absolute atomic E-state index is 12.7. The fourth-order valence-electron chi connectivity index (χ4n) is 2.20. The molecule has 1 aromatic carbocycles. The van der Waals surface area contributed by atoms with Crippen LogP contribution in [0.4, 0.5) is 18.0 Å². The van der Waals surface area contributed by atoms with E-state index in [1.807, 2.05) is 6.92 Å². The number of hydrogen-bond donors (Lipinski definition) is 2. The van der Waals surface area contributed by atoms with Crippen molar-refractivity contribution in [1.82, 2.24) is 10.2 Å². The van der Waals surface area contributed by atoms with Gasteiger partial charge in [0, 0.05) is 20.1 Å². The average Bonchev–Trinajstić information content (AvgIpc) is 2.45. The molecule has 1 rings (SSSR count). The summed E-state index contributed by atoms with van der Waals surface area (Å²) in [6.45, 7) is 3.97. The highest BCUT2D eigenvalue weighted by atomic mass is 19.4. The van der Waals surface area contributed by atoms with E-state index in [2.05, 4.69) is 5.32 Å². The lowest BCUT2D eigenvalue weighted by molar-refractivity contribution is -0.137. The normalized spacial score (nSPS) is 14.2. The Kier molecular flexibility index (Phi) is 6.87. The van der Waals surface area contributed by atoms with Gasteiger partial charge in [-0.3, -0.25) is 0 Å². The van der Waals surface area contributed by atoms with E-state index < -0.39 is 17.8 Å². The average molecular weight is 332 g/mol. The Morgan fingerprint density at radius 2 is 2.00 bits per heavy atom. The van der Waals surface area contributed by atoms with E-state index >= 15 is 0 Å². The van der Waals surface area contributed by atoms with Crippen molar-refractivity contribution in [3.63, 3.8) is 0 Å². The van der Waals surface area contributed by atoms with Crippen molar-refractivity contribution in [1.29, 1.82) is 0 Å². The van der Waals surface area contributed by atoms with Crippen molar-refractivity contribution in [3.8, 4) is 0 Å². The molecule has 1 aromatic rings. The second-order valence-corrected chi connectivity index (χ2v) is 5.77. The van der Waals surface area contributed by atoms with Gasteiger partial charge in [0.25, 0.3) is 0 Å². The zero-order valence-corrected chi connectivity index (χ0v) is 13.5. The molecule has 23 heavy (non-hydrogen) atoms. The zero-order valence-electron chi connectivity index (χ0n) is 13.5. The van der Waals surface area contributed by atoms with Crippen LogP contribution in [0.2, 0.25) is 0 Å². The monoisotopic (exact) mass is 332 g/mol. The molecule has 2 unspecified atom stereocenters. The summed E-state index contributed by atoms with van der Waals surface area (Å²) in [5, 5.41) is 11.9. The summed E-state index contributed by atoms with van der Waals surface area (Å²) in [5.41, 5.74) is -0.0750. The van der Waals surface area contributed by atoms with E-state index in [1.165, 1.54) is 11.0 Å². The molecular weight excluding hydrogens is 309 g/mol. The first-order valence-corrected chi connectivity index (χ1v) is 7.45. The molecule has 2 N–H and O–H groups in total. The van der Waals surface area contributed by atoms with E-state index in [1.54, 1.807) is 20.0 Å². The van der Waals surface area contributed by atoms with Crippen molar-refractivity contribution in [2.45, 2.75) is 38.5 Å². The number of carbonyl (C=O) groups excluding carboxylic acids is 1. The molecule has 7 heteroatoms. The quantitative estimate of drug-likeness (QED) is 0.840. The maximum Gasteiger partial charge on any atom is 0.416 e. The summed E-state index contributed by atoms with van der Waals surface area (Å²) in [4.78, 5) is 13.1. The molecule has 130 valence electrons. The molecular formula is C16H23F3N2O2. The van der Waals surface area contributed by atoms with Gasteiger partial charge in [-0.1, -0.05) is 25.1 Å². The molecule has 0 spiro atoms. The Balaban J connectivity index is 2.51. The number of alkyl halides is 3. The van der Waals surface area contributed by atoms with Gasteiger partial charge in [0.15, 0.2) is 0 Å². The minimum atomic E-state index is -4.35. The smallest absolute Gasteiger partial charge is 0.392 e. The Hall–Kier alpha value is -1.76. The standard InChI is InChI=1S/C16H23F3N2O2/c1-11(7-8-20-15(23)21(3)10-12(2)22)13-5-4-6-14(9-13)16(17,18)19/h4-6,9,11-12,22H,7-8,10H2,1-3H3,(H,20,23). The lowest BCUT2D eigenvalue weighted by atomic mass is 9.96. The van der Waals surface area contributed by atoms with E-state index in [9.17, 15) is 23.1 Å². The fourth-order valence-corrected chi connectivity index (χ4v) is 2.20. The number of amides is 2. The third kappa shape index (κ3) is 6.48. The minimum Gasteiger partial charge on any atom is -0.392 e. The Morgan fingerprint density at radius 3 is 2.57 bits per heavy atom. The first kappa shape index (κ1) is 19.3. The summed E-state index contributed by atoms with van der Waals surface area (Å²) in [6.07, 6.45) is -4.45. The molecule has 2 atom stereocenters. The van der Waals surface area contributed by atoms with Gasteiger partial charge in [-0.15, -0.1) is 0 Å². The van der Waals surface area contributed by atoms with Crippen molar-refractivity contribution in [2.24, 2.45) is 0 Å². The van der Waals surface area contributed by atoms with Crippen molar-refractivity contribution < 1.29 is 23.1 Å². The topological polar surface area (TPSA) is 52.6 Å². The van der Waals surface area contributed by atoms with Gasteiger partial charge >= 0.3 is 12.2 Å². The van der Waals surface area contributed by atoms with Crippen molar-refractivity contribution >= 4 is 6.03 Å². The van der Waals surface area contributed by atoms with E-state index in [0.717, 1.165) is 12.1 Å². The first-order valence-electron chi connectivity index (χ1n) is 7.45. The molecule has 0 aliphatic heterocycles. The number of hydrogen-bond acceptors (Lipinski definition) is 2. The van der Waals surface area contributed by atoms with Crippen LogP contribution in [0.5, 0.6) is 0 Å². The van der Waals surface area contributed by atoms with Crippen LogP contribution in [-0.4, -0.2) is 42.3 Å². The lowest BCUT2D eigenvalue weighted by Crippen LogP contribution is -2.41. The molecule has 2 amide bonds. The predicted octanol–water partition coefficient (Wildman–Crippen LogP) is 3.22. The largest absolute Gasteiger partial charge is 0.416 e. The molecule has 0 saturated heterocycles. The van der Waals surface area contributed by atoms with Crippen LogP contribution in [0.15, 0.2) is 24.3 Å². The molecule has 0 aliphatic rings. The van der Waals surface area contributed by atoms with Crippen LogP contribution in [0.1, 0.15) is 37.3 Å². The second kappa shape index (κ2) is 8.19. The van der Waals surface area contributed by atoms with E-state index in [4.69, 9.17) is 0 Å². The van der Waals surface area contributed by atoms with Gasteiger partial charge in [0.05, 0.1) is 11.7 Å². The molecule has 0 aliphatic carbocycles. The molecule has 0 radical (unpaired) electrons. The van der Waals surface area contributed by atoms with Crippen LogP contribution in [-0.2, 0) is 6.18 Å². The summed E-state index contributed by atoms with van der Waals surface area (Å²) in [7, 11) is 1.57. The predicted molar refractivity (Wildman–Crippen MR) is 82.2 cm³/mol. The maximum atomic E-state index is 12.7. The number of benzene rings is 1. The number of rotatable bonds is 6. The molecule has 0 heterocycles. The molecule has 4 nitrogen and oxygen atoms in total. The number of likely N-dealkylation sites (N-methyl/N-ethyl adjacent to an activating group) is 1. The van der Waals surface area contributed by atoms with Crippen LogP contribution >= 0.6 is 0 Å². The minimum absolute atomic E-state index is 0.111. The number of aliphatic hydroxyl groups is 1. The molecule has 0 bridgehead atoms. The Morgan fingerprint density at radius 1 is 1.35 bits per heavy atom. The SMILES string of the molecule is CC(O)CN(C)C(=O)NCCC(C)c1cccc(C(F)(F)F)c1. The number of nitrogens with zero attached hydrogens (tertiary/aromatic N) is 1. The van der Waals surface area contributed by atoms with E-state index in [-0.39, 0.29) is 18.5 Å². The third-order valence-corrected chi connectivity index (χ3v) is 3.52. The van der Waals surface area contributed by atoms with Gasteiger partial charge in [-0.2, -0.15) is 13.2 Å². The molecule has 0 saturated carbocycles. The molecule has 0 fully saturated rings. The van der Waals surface area contributed by atoms with Gasteiger partial charge in [-0.05, 0) is 30.9 Å². The van der Waals surface area contributed by atoms with Gasteiger partial charge in [-0.25, -0.2) is 4.79 Å². The first-order chi connectivity index (χ1) is 10.6. The van der Waals surface area contributed by atoms with Crippen molar-refractivity contribution in [2.75, 3.05) is 20.1 Å². The van der Waals surface area contributed by atoms with Crippen LogP contribution in [0, 0.1) is 0 Å². The summed E-state index contributed by atoms with van der Waals surface area (Å²) >= 11 is 0. The number of nitrogens with one attached hydrogen (secondary N) is 1. The van der Waals surface area contributed by atoms with E-state index in [0.29, 0.717) is 18.5 Å². The summed E-state index contributed by atoms with van der Waals surface area (Å²) < 4.78 is 38.1. The van der Waals surface area contributed by atoms with Crippen LogP contribution < -0.4 is 5.32 Å². The highest BCUT2D eigenvalue weighted by Crippen LogP contribution is 2.31. The fraction of sp³-hybridized carbons (Fsp3) is 0.562. The Labute approximate surface area is 134 Å². The highest BCUT2D eigenvalue weighted by molar-refractivity contribution is 5.73. The zero-order chi connectivity index (χ0) is 17.6. The second-order valence-electron chi connectivity index (χ2n) is 5.77. The van der Waals surface area contributed by atoms with Gasteiger partial charge in [0.1, 0.15) is 0 Å².